The van der Waals surface area contributed by atoms with Crippen LogP contribution in [0.2, 0.25) is 0 Å². The molecule has 1 fully saturated rings. The number of amides is 1. The van der Waals surface area contributed by atoms with Gasteiger partial charge in [0.2, 0.25) is 5.91 Å². The summed E-state index contributed by atoms with van der Waals surface area (Å²) in [5.41, 5.74) is 2.95. The number of hydrogen-bond acceptors (Lipinski definition) is 3. The Hall–Kier alpha value is -1.36. The first-order valence-electron chi connectivity index (χ1n) is 5.44. The van der Waals surface area contributed by atoms with E-state index in [1.807, 2.05) is 20.9 Å². The Bertz CT molecular complexity index is 419. The third-order valence-electron chi connectivity index (χ3n) is 3.20. The minimum atomic E-state index is -0.333. The highest BCUT2D eigenvalue weighted by molar-refractivity contribution is 5.80. The number of aromatic nitrogens is 2. The van der Waals surface area contributed by atoms with Crippen molar-refractivity contribution in [2.45, 2.75) is 26.4 Å². The summed E-state index contributed by atoms with van der Waals surface area (Å²) in [4.78, 5) is 13.5. The monoisotopic (exact) mass is 223 g/mol. The van der Waals surface area contributed by atoms with Gasteiger partial charge >= 0.3 is 0 Å². The van der Waals surface area contributed by atoms with Crippen molar-refractivity contribution in [1.29, 1.82) is 0 Å². The zero-order valence-electron chi connectivity index (χ0n) is 9.90. The van der Waals surface area contributed by atoms with Gasteiger partial charge in [0.15, 0.2) is 0 Å². The smallest absolute Gasteiger partial charge is 0.227 e. The predicted molar refractivity (Wildman–Crippen MR) is 59.0 cm³/mol. The van der Waals surface area contributed by atoms with Gasteiger partial charge < -0.3 is 10.0 Å². The number of aliphatic hydroxyl groups excluding tert-OH is 1. The number of carbonyl (C=O) groups excluding carboxylic acids is 1. The van der Waals surface area contributed by atoms with Crippen molar-refractivity contribution in [1.82, 2.24) is 14.7 Å². The van der Waals surface area contributed by atoms with Gasteiger partial charge in [-0.1, -0.05) is 0 Å². The molecular weight excluding hydrogens is 206 g/mol. The van der Waals surface area contributed by atoms with Crippen LogP contribution in [0, 0.1) is 13.8 Å². The first-order chi connectivity index (χ1) is 7.49. The summed E-state index contributed by atoms with van der Waals surface area (Å²) in [6.45, 7) is 4.82. The Balaban J connectivity index is 2.06. The lowest BCUT2D eigenvalue weighted by Gasteiger charge is -2.35. The first kappa shape index (κ1) is 11.1. The third-order valence-corrected chi connectivity index (χ3v) is 3.20. The molecule has 1 aliphatic rings. The molecule has 0 spiro atoms. The van der Waals surface area contributed by atoms with Gasteiger partial charge in [0.25, 0.3) is 0 Å². The number of carbonyl (C=O) groups is 1. The molecule has 1 aromatic heterocycles. The summed E-state index contributed by atoms with van der Waals surface area (Å²) in [5, 5.41) is 13.4. The summed E-state index contributed by atoms with van der Waals surface area (Å²) >= 11 is 0. The van der Waals surface area contributed by atoms with E-state index in [2.05, 4.69) is 5.10 Å². The SMILES string of the molecule is Cc1nn(C)c(C)c1CC(=O)N1CC(O)C1. The molecule has 2 heterocycles. The van der Waals surface area contributed by atoms with E-state index in [0.717, 1.165) is 17.0 Å². The lowest BCUT2D eigenvalue weighted by Crippen LogP contribution is -2.54. The lowest BCUT2D eigenvalue weighted by molar-refractivity contribution is -0.140. The molecule has 1 N–H and O–H groups in total. The number of aryl methyl sites for hydroxylation is 2. The number of hydrogen-bond donors (Lipinski definition) is 1. The second kappa shape index (κ2) is 3.90. The van der Waals surface area contributed by atoms with Crippen molar-refractivity contribution in [2.24, 2.45) is 7.05 Å². The van der Waals surface area contributed by atoms with Crippen LogP contribution < -0.4 is 0 Å². The topological polar surface area (TPSA) is 58.4 Å². The summed E-state index contributed by atoms with van der Waals surface area (Å²) in [6, 6.07) is 0. The highest BCUT2D eigenvalue weighted by Gasteiger charge is 2.29. The maximum Gasteiger partial charge on any atom is 0.227 e. The summed E-state index contributed by atoms with van der Waals surface area (Å²) in [6.07, 6.45) is 0.0538. The number of rotatable bonds is 2. The van der Waals surface area contributed by atoms with E-state index in [-0.39, 0.29) is 12.0 Å². The highest BCUT2D eigenvalue weighted by atomic mass is 16.3. The normalized spacial score (nSPS) is 16.4. The zero-order chi connectivity index (χ0) is 11.9. The molecule has 0 aliphatic carbocycles. The molecule has 1 saturated heterocycles. The second-order valence-corrected chi connectivity index (χ2v) is 4.40. The Labute approximate surface area is 94.7 Å². The molecule has 0 aromatic carbocycles. The standard InChI is InChI=1S/C11H17N3O2/c1-7-10(8(2)13(3)12-7)4-11(16)14-5-9(15)6-14/h9,15H,4-6H2,1-3H3. The molecule has 1 amide bonds. The van der Waals surface area contributed by atoms with Crippen molar-refractivity contribution >= 4 is 5.91 Å². The Morgan fingerprint density at radius 1 is 1.50 bits per heavy atom. The molecule has 0 unspecified atom stereocenters. The van der Waals surface area contributed by atoms with Crippen LogP contribution in [0.15, 0.2) is 0 Å². The van der Waals surface area contributed by atoms with Crippen molar-refractivity contribution in [3.8, 4) is 0 Å². The number of aliphatic hydroxyl groups is 1. The maximum absolute atomic E-state index is 11.8. The van der Waals surface area contributed by atoms with Crippen molar-refractivity contribution in [3.63, 3.8) is 0 Å². The van der Waals surface area contributed by atoms with E-state index >= 15 is 0 Å². The molecule has 5 nitrogen and oxygen atoms in total. The number of β-amino-alcohol motifs (C(OH)–C–C–N with tert-alkyl or cyclic N) is 1. The zero-order valence-corrected chi connectivity index (χ0v) is 9.90. The maximum atomic E-state index is 11.8. The van der Waals surface area contributed by atoms with Gasteiger partial charge in [0.05, 0.1) is 18.2 Å². The Morgan fingerprint density at radius 3 is 2.56 bits per heavy atom. The quantitative estimate of drug-likeness (QED) is 0.754. The molecule has 0 saturated carbocycles. The first-order valence-corrected chi connectivity index (χ1v) is 5.44. The van der Waals surface area contributed by atoms with Crippen LogP contribution in [-0.4, -0.2) is 44.9 Å². The fourth-order valence-corrected chi connectivity index (χ4v) is 2.00. The van der Waals surface area contributed by atoms with E-state index in [9.17, 15) is 4.79 Å². The van der Waals surface area contributed by atoms with Gasteiger partial charge in [0, 0.05) is 31.4 Å². The molecule has 88 valence electrons. The van der Waals surface area contributed by atoms with Crippen LogP contribution in [0.3, 0.4) is 0 Å². The van der Waals surface area contributed by atoms with Crippen LogP contribution in [0.5, 0.6) is 0 Å². The summed E-state index contributed by atoms with van der Waals surface area (Å²) < 4.78 is 1.79. The molecule has 0 atom stereocenters. The van der Waals surface area contributed by atoms with Crippen molar-refractivity contribution in [2.75, 3.05) is 13.1 Å². The van der Waals surface area contributed by atoms with E-state index < -0.39 is 0 Å². The Morgan fingerprint density at radius 2 is 2.12 bits per heavy atom. The lowest BCUT2D eigenvalue weighted by atomic mass is 10.1. The van der Waals surface area contributed by atoms with Crippen LogP contribution in [0.1, 0.15) is 17.0 Å². The molecule has 0 bridgehead atoms. The fraction of sp³-hybridized carbons (Fsp3) is 0.636. The molecule has 16 heavy (non-hydrogen) atoms. The average Bonchev–Trinajstić information content (AvgIpc) is 2.40. The largest absolute Gasteiger partial charge is 0.389 e. The van der Waals surface area contributed by atoms with Gasteiger partial charge in [-0.3, -0.25) is 9.48 Å². The van der Waals surface area contributed by atoms with Gasteiger partial charge in [-0.25, -0.2) is 0 Å². The van der Waals surface area contributed by atoms with Gasteiger partial charge in [-0.2, -0.15) is 5.10 Å². The molecule has 2 rings (SSSR count). The van der Waals surface area contributed by atoms with Crippen LogP contribution >= 0.6 is 0 Å². The van der Waals surface area contributed by atoms with Crippen LogP contribution in [0.4, 0.5) is 0 Å². The minimum absolute atomic E-state index is 0.0736. The Kier molecular flexibility index (Phi) is 2.71. The van der Waals surface area contributed by atoms with E-state index in [1.54, 1.807) is 9.58 Å². The molecular formula is C11H17N3O2. The summed E-state index contributed by atoms with van der Waals surface area (Å²) in [5.74, 6) is 0.0736. The molecule has 5 heteroatoms. The average molecular weight is 223 g/mol. The summed E-state index contributed by atoms with van der Waals surface area (Å²) in [7, 11) is 1.88. The fourth-order valence-electron chi connectivity index (χ4n) is 2.00. The predicted octanol–water partition coefficient (Wildman–Crippen LogP) is -0.217. The second-order valence-electron chi connectivity index (χ2n) is 4.40. The highest BCUT2D eigenvalue weighted by Crippen LogP contribution is 2.16. The van der Waals surface area contributed by atoms with Gasteiger partial charge in [0.1, 0.15) is 0 Å². The van der Waals surface area contributed by atoms with Crippen molar-refractivity contribution < 1.29 is 9.90 Å². The van der Waals surface area contributed by atoms with E-state index in [4.69, 9.17) is 5.11 Å². The van der Waals surface area contributed by atoms with E-state index in [1.165, 1.54) is 0 Å². The van der Waals surface area contributed by atoms with Crippen LogP contribution in [-0.2, 0) is 18.3 Å². The van der Waals surface area contributed by atoms with Crippen molar-refractivity contribution in [3.05, 3.63) is 17.0 Å². The molecule has 1 aliphatic heterocycles. The van der Waals surface area contributed by atoms with Crippen LogP contribution in [0.25, 0.3) is 0 Å². The number of nitrogens with zero attached hydrogens (tertiary/aromatic N) is 3. The minimum Gasteiger partial charge on any atom is -0.389 e. The van der Waals surface area contributed by atoms with E-state index in [0.29, 0.717) is 19.5 Å². The molecule has 0 radical (unpaired) electrons. The number of likely N-dealkylation sites (tertiary alicyclic amines) is 1. The van der Waals surface area contributed by atoms with Gasteiger partial charge in [-0.15, -0.1) is 0 Å². The van der Waals surface area contributed by atoms with Gasteiger partial charge in [-0.05, 0) is 13.8 Å². The molecule has 1 aromatic rings. The third kappa shape index (κ3) is 1.82.